The van der Waals surface area contributed by atoms with Crippen LogP contribution in [0.3, 0.4) is 0 Å². The van der Waals surface area contributed by atoms with Crippen molar-refractivity contribution in [2.75, 3.05) is 0 Å². The first-order valence-corrected chi connectivity index (χ1v) is 10.5. The topological polar surface area (TPSA) is 129 Å². The van der Waals surface area contributed by atoms with Gasteiger partial charge >= 0.3 is 0 Å². The van der Waals surface area contributed by atoms with Crippen LogP contribution in [0.2, 0.25) is 0 Å². The van der Waals surface area contributed by atoms with Gasteiger partial charge in [-0.3, -0.25) is 4.98 Å². The van der Waals surface area contributed by atoms with Gasteiger partial charge in [-0.05, 0) is 49.7 Å². The molecule has 1 heterocycles. The molecule has 0 fully saturated rings. The number of sulfonamides is 2. The number of hydrogen-bond donors (Lipinski definition) is 2. The van der Waals surface area contributed by atoms with Crippen LogP contribution in [-0.2, 0) is 26.6 Å². The van der Waals surface area contributed by atoms with Crippen LogP contribution >= 0.6 is 0 Å². The van der Waals surface area contributed by atoms with Crippen LogP contribution in [0.1, 0.15) is 18.2 Å². The number of pyridine rings is 1. The van der Waals surface area contributed by atoms with Gasteiger partial charge in [-0.15, -0.1) is 0 Å². The highest BCUT2D eigenvalue weighted by atomic mass is 32.2. The van der Waals surface area contributed by atoms with Crippen LogP contribution in [0.25, 0.3) is 0 Å². The van der Waals surface area contributed by atoms with Gasteiger partial charge in [0.05, 0.1) is 28.1 Å². The Kier molecular flexibility index (Phi) is 6.09. The van der Waals surface area contributed by atoms with Gasteiger partial charge in [0.2, 0.25) is 20.0 Å². The largest absolute Gasteiger partial charge is 0.260 e. The molecule has 26 heavy (non-hydrogen) atoms. The highest BCUT2D eigenvalue weighted by Gasteiger charge is 2.19. The molecule has 0 bridgehead atoms. The molecule has 1 unspecified atom stereocenters. The molecule has 0 saturated carbocycles. The van der Waals surface area contributed by atoms with Crippen molar-refractivity contribution in [2.24, 2.45) is 0 Å². The van der Waals surface area contributed by atoms with Crippen molar-refractivity contribution in [2.45, 2.75) is 36.2 Å². The van der Waals surface area contributed by atoms with E-state index in [-0.39, 0.29) is 16.3 Å². The highest BCUT2D eigenvalue weighted by molar-refractivity contribution is 7.90. The van der Waals surface area contributed by atoms with Gasteiger partial charge in [0.1, 0.15) is 6.04 Å². The SMILES string of the molecule is Cc1ccc(CNS(=O)(=O)c2ccc(S(=O)(=O)NC(C)C#N)cc2)nc1. The number of aromatic nitrogens is 1. The maximum Gasteiger partial charge on any atom is 0.241 e. The summed E-state index contributed by atoms with van der Waals surface area (Å²) >= 11 is 0. The lowest BCUT2D eigenvalue weighted by atomic mass is 10.3. The fourth-order valence-corrected chi connectivity index (χ4v) is 4.13. The van der Waals surface area contributed by atoms with Crippen molar-refractivity contribution >= 4 is 20.0 Å². The lowest BCUT2D eigenvalue weighted by Gasteiger charge is -2.10. The first kappa shape index (κ1) is 20.0. The van der Waals surface area contributed by atoms with E-state index in [1.165, 1.54) is 31.2 Å². The van der Waals surface area contributed by atoms with Crippen molar-refractivity contribution in [1.29, 1.82) is 5.26 Å². The summed E-state index contributed by atoms with van der Waals surface area (Å²) in [6.45, 7) is 3.30. The zero-order valence-corrected chi connectivity index (χ0v) is 15.8. The van der Waals surface area contributed by atoms with E-state index < -0.39 is 26.1 Å². The molecular weight excluding hydrogens is 376 g/mol. The molecule has 2 aromatic rings. The van der Waals surface area contributed by atoms with Crippen molar-refractivity contribution in [3.05, 3.63) is 53.9 Å². The second-order valence-corrected chi connectivity index (χ2v) is 9.08. The van der Waals surface area contributed by atoms with Gasteiger partial charge in [-0.1, -0.05) is 6.07 Å². The molecule has 138 valence electrons. The van der Waals surface area contributed by atoms with E-state index in [0.29, 0.717) is 5.69 Å². The zero-order valence-electron chi connectivity index (χ0n) is 14.2. The Balaban J connectivity index is 2.13. The van der Waals surface area contributed by atoms with Gasteiger partial charge in [0, 0.05) is 6.20 Å². The molecule has 0 aliphatic rings. The monoisotopic (exact) mass is 394 g/mol. The lowest BCUT2D eigenvalue weighted by Crippen LogP contribution is -2.31. The van der Waals surface area contributed by atoms with E-state index in [4.69, 9.17) is 5.26 Å². The number of nitrogens with one attached hydrogen (secondary N) is 2. The maximum atomic E-state index is 12.3. The van der Waals surface area contributed by atoms with E-state index in [9.17, 15) is 16.8 Å². The summed E-state index contributed by atoms with van der Waals surface area (Å²) in [5.74, 6) is 0. The maximum absolute atomic E-state index is 12.3. The van der Waals surface area contributed by atoms with Gasteiger partial charge in [0.25, 0.3) is 0 Å². The number of hydrogen-bond acceptors (Lipinski definition) is 6. The Morgan fingerprint density at radius 3 is 2.12 bits per heavy atom. The second-order valence-electron chi connectivity index (χ2n) is 5.59. The molecule has 8 nitrogen and oxygen atoms in total. The average molecular weight is 394 g/mol. The number of benzene rings is 1. The molecule has 0 amide bonds. The predicted octanol–water partition coefficient (Wildman–Crippen LogP) is 1.06. The Labute approximate surface area is 153 Å². The molecule has 0 aliphatic carbocycles. The van der Waals surface area contributed by atoms with Crippen molar-refractivity contribution < 1.29 is 16.8 Å². The summed E-state index contributed by atoms with van der Waals surface area (Å²) in [4.78, 5) is 3.92. The van der Waals surface area contributed by atoms with Crippen molar-refractivity contribution in [3.8, 4) is 6.07 Å². The van der Waals surface area contributed by atoms with Gasteiger partial charge in [-0.2, -0.15) is 9.98 Å². The number of nitrogens with zero attached hydrogens (tertiary/aromatic N) is 2. The first-order valence-electron chi connectivity index (χ1n) is 7.57. The smallest absolute Gasteiger partial charge is 0.241 e. The minimum absolute atomic E-state index is 0.0178. The Hall–Kier alpha value is -2.32. The zero-order chi connectivity index (χ0) is 19.4. The third-order valence-electron chi connectivity index (χ3n) is 3.39. The van der Waals surface area contributed by atoms with Gasteiger partial charge in [-0.25, -0.2) is 21.6 Å². The van der Waals surface area contributed by atoms with Gasteiger partial charge in [0.15, 0.2) is 0 Å². The van der Waals surface area contributed by atoms with Crippen LogP contribution in [0.5, 0.6) is 0 Å². The minimum atomic E-state index is -3.89. The first-order chi connectivity index (χ1) is 12.1. The molecule has 1 aromatic carbocycles. The predicted molar refractivity (Wildman–Crippen MR) is 94.8 cm³/mol. The molecule has 1 aromatic heterocycles. The molecule has 0 spiro atoms. The van der Waals surface area contributed by atoms with Crippen LogP contribution in [0.15, 0.2) is 52.4 Å². The molecule has 0 aliphatic heterocycles. The summed E-state index contributed by atoms with van der Waals surface area (Å²) in [5, 5.41) is 8.69. The molecule has 0 radical (unpaired) electrons. The summed E-state index contributed by atoms with van der Waals surface area (Å²) < 4.78 is 53.3. The van der Waals surface area contributed by atoms with Crippen LogP contribution < -0.4 is 9.44 Å². The molecular formula is C16H18N4O4S2. The molecule has 2 N–H and O–H groups in total. The average Bonchev–Trinajstić information content (AvgIpc) is 2.61. The highest BCUT2D eigenvalue weighted by Crippen LogP contribution is 2.15. The van der Waals surface area contributed by atoms with Gasteiger partial charge < -0.3 is 0 Å². The molecule has 1 atom stereocenters. The number of aryl methyl sites for hydroxylation is 1. The quantitative estimate of drug-likeness (QED) is 0.722. The van der Waals surface area contributed by atoms with Crippen molar-refractivity contribution in [1.82, 2.24) is 14.4 Å². The van der Waals surface area contributed by atoms with E-state index in [2.05, 4.69) is 14.4 Å². The normalized spacial score (nSPS) is 13.1. The van der Waals surface area contributed by atoms with Crippen LogP contribution in [-0.4, -0.2) is 27.9 Å². The summed E-state index contributed by atoms with van der Waals surface area (Å²) in [6, 6.07) is 9.13. The number of nitriles is 1. The fraction of sp³-hybridized carbons (Fsp3) is 0.250. The Morgan fingerprint density at radius 2 is 1.62 bits per heavy atom. The Bertz CT molecular complexity index is 1010. The van der Waals surface area contributed by atoms with E-state index in [1.807, 2.05) is 13.0 Å². The molecule has 10 heteroatoms. The van der Waals surface area contributed by atoms with Crippen molar-refractivity contribution in [3.63, 3.8) is 0 Å². The molecule has 0 saturated heterocycles. The second kappa shape index (κ2) is 7.92. The summed E-state index contributed by atoms with van der Waals surface area (Å²) in [6.07, 6.45) is 1.64. The third-order valence-corrected chi connectivity index (χ3v) is 6.36. The number of rotatable bonds is 7. The summed E-state index contributed by atoms with van der Waals surface area (Å²) in [5.41, 5.74) is 1.53. The fourth-order valence-electron chi connectivity index (χ4n) is 1.98. The summed E-state index contributed by atoms with van der Waals surface area (Å²) in [7, 11) is -7.71. The van der Waals surface area contributed by atoms with Crippen LogP contribution in [0.4, 0.5) is 0 Å². The third kappa shape index (κ3) is 5.09. The lowest BCUT2D eigenvalue weighted by molar-refractivity contribution is 0.574. The Morgan fingerprint density at radius 1 is 1.04 bits per heavy atom. The van der Waals surface area contributed by atoms with E-state index in [0.717, 1.165) is 5.56 Å². The standard InChI is InChI=1S/C16H18N4O4S2/c1-12-3-4-14(18-10-12)11-19-25(21,22)15-5-7-16(8-6-15)26(23,24)20-13(2)9-17/h3-8,10,13,19-20H,11H2,1-2H3. The molecule has 2 rings (SSSR count). The van der Waals surface area contributed by atoms with Crippen LogP contribution in [0, 0.1) is 18.3 Å². The van der Waals surface area contributed by atoms with E-state index >= 15 is 0 Å². The minimum Gasteiger partial charge on any atom is -0.260 e. The van der Waals surface area contributed by atoms with E-state index in [1.54, 1.807) is 18.3 Å².